The molecule has 31 heavy (non-hydrogen) atoms. The second-order valence-electron chi connectivity index (χ2n) is 6.53. The van der Waals surface area contributed by atoms with Gasteiger partial charge < -0.3 is 5.32 Å². The van der Waals surface area contributed by atoms with E-state index >= 15 is 0 Å². The van der Waals surface area contributed by atoms with Crippen LogP contribution in [0.4, 0.5) is 11.4 Å². The zero-order valence-corrected chi connectivity index (χ0v) is 20.3. The van der Waals surface area contributed by atoms with E-state index in [1.807, 2.05) is 0 Å². The molecule has 8 nitrogen and oxygen atoms in total. The van der Waals surface area contributed by atoms with Crippen LogP contribution in [0.25, 0.3) is 0 Å². The average Bonchev–Trinajstić information content (AvgIpc) is 2.68. The first kappa shape index (κ1) is 25.4. The van der Waals surface area contributed by atoms with Gasteiger partial charge in [-0.15, -0.1) is 0 Å². The predicted octanol–water partition coefficient (Wildman–Crippen LogP) is 3.43. The van der Waals surface area contributed by atoms with E-state index < -0.39 is 32.5 Å². The lowest BCUT2D eigenvalue weighted by molar-refractivity contribution is -0.114. The van der Waals surface area contributed by atoms with Gasteiger partial charge in [-0.05, 0) is 42.5 Å². The number of nitrogens with zero attached hydrogens (tertiary/aromatic N) is 2. The minimum Gasteiger partial charge on any atom is -0.325 e. The van der Waals surface area contributed by atoms with Crippen molar-refractivity contribution in [3.8, 4) is 0 Å². The van der Waals surface area contributed by atoms with Crippen LogP contribution >= 0.6 is 23.2 Å². The summed E-state index contributed by atoms with van der Waals surface area (Å²) in [5, 5.41) is 2.97. The van der Waals surface area contributed by atoms with Crippen LogP contribution in [0.1, 0.15) is 13.8 Å². The number of hydrogen-bond donors (Lipinski definition) is 1. The Balaban J connectivity index is 2.19. The lowest BCUT2D eigenvalue weighted by Gasteiger charge is -2.22. The molecule has 1 N–H and O–H groups in total. The molecule has 2 aromatic rings. The maximum Gasteiger partial charge on any atom is 0.245 e. The normalized spacial score (nSPS) is 12.1. The topological polar surface area (TPSA) is 104 Å². The number of nitrogens with one attached hydrogen (secondary N) is 1. The van der Waals surface area contributed by atoms with E-state index in [-0.39, 0.29) is 20.6 Å². The zero-order valence-electron chi connectivity index (χ0n) is 17.2. The second-order valence-corrected chi connectivity index (χ2v) is 11.2. The Morgan fingerprint density at radius 2 is 1.52 bits per heavy atom. The summed E-state index contributed by atoms with van der Waals surface area (Å²) in [5.74, 6) is -0.615. The molecule has 0 aliphatic heterocycles. The van der Waals surface area contributed by atoms with E-state index in [2.05, 4.69) is 5.32 Å². The molecular formula is C19H23Cl2N3O5S2. The van der Waals surface area contributed by atoms with Crippen LogP contribution in [0.5, 0.6) is 0 Å². The summed E-state index contributed by atoms with van der Waals surface area (Å²) < 4.78 is 51.7. The van der Waals surface area contributed by atoms with Crippen molar-refractivity contribution < 1.29 is 21.6 Å². The molecule has 0 aromatic heterocycles. The number of carbonyl (C=O) groups is 1. The summed E-state index contributed by atoms with van der Waals surface area (Å²) in [6, 6.07) is 9.88. The Hall–Kier alpha value is -1.85. The Morgan fingerprint density at radius 1 is 0.935 bits per heavy atom. The van der Waals surface area contributed by atoms with E-state index in [1.54, 1.807) is 13.8 Å². The van der Waals surface area contributed by atoms with Crippen LogP contribution in [0, 0.1) is 0 Å². The largest absolute Gasteiger partial charge is 0.325 e. The van der Waals surface area contributed by atoms with Gasteiger partial charge in [0.15, 0.2) is 0 Å². The van der Waals surface area contributed by atoms with Crippen molar-refractivity contribution in [2.24, 2.45) is 0 Å². The fourth-order valence-corrected chi connectivity index (χ4v) is 5.39. The van der Waals surface area contributed by atoms with Gasteiger partial charge in [0.25, 0.3) is 0 Å². The van der Waals surface area contributed by atoms with Crippen molar-refractivity contribution in [2.75, 3.05) is 35.5 Å². The standard InChI is InChI=1S/C19H23Cl2N3O5S2/c1-4-23(5-2)31(28,29)16-9-6-14(7-10-16)22-19(25)13-24(30(3,26)27)15-8-11-17(20)18(21)12-15/h6-12H,4-5,13H2,1-3H3,(H,22,25). The highest BCUT2D eigenvalue weighted by molar-refractivity contribution is 7.92. The van der Waals surface area contributed by atoms with Crippen LogP contribution in [0.2, 0.25) is 10.0 Å². The van der Waals surface area contributed by atoms with Gasteiger partial charge in [0.1, 0.15) is 6.54 Å². The van der Waals surface area contributed by atoms with Gasteiger partial charge in [0.05, 0.1) is 26.9 Å². The third-order valence-corrected chi connectivity index (χ3v) is 8.30. The first-order valence-electron chi connectivity index (χ1n) is 9.23. The Bertz CT molecular complexity index is 1150. The van der Waals surface area contributed by atoms with Crippen molar-refractivity contribution in [1.29, 1.82) is 0 Å². The third-order valence-electron chi connectivity index (χ3n) is 4.36. The molecule has 0 unspecified atom stereocenters. The van der Waals surface area contributed by atoms with E-state index in [9.17, 15) is 21.6 Å². The maximum absolute atomic E-state index is 12.5. The van der Waals surface area contributed by atoms with Crippen LogP contribution in [0.15, 0.2) is 47.4 Å². The summed E-state index contributed by atoms with van der Waals surface area (Å²) in [6.07, 6.45) is 0.968. The third kappa shape index (κ3) is 6.33. The highest BCUT2D eigenvalue weighted by Crippen LogP contribution is 2.28. The van der Waals surface area contributed by atoms with Crippen molar-refractivity contribution >= 4 is 60.5 Å². The molecule has 0 heterocycles. The summed E-state index contributed by atoms with van der Waals surface area (Å²) in [5.41, 5.74) is 0.513. The number of halogens is 2. The second kappa shape index (κ2) is 10.2. The van der Waals surface area contributed by atoms with Crippen LogP contribution in [-0.2, 0) is 24.8 Å². The van der Waals surface area contributed by atoms with Crippen LogP contribution in [0.3, 0.4) is 0 Å². The molecule has 2 aromatic carbocycles. The molecular weight excluding hydrogens is 485 g/mol. The Morgan fingerprint density at radius 3 is 2.00 bits per heavy atom. The molecule has 12 heteroatoms. The smallest absolute Gasteiger partial charge is 0.245 e. The molecule has 0 saturated carbocycles. The van der Waals surface area contributed by atoms with Crippen LogP contribution in [-0.4, -0.2) is 52.9 Å². The van der Waals surface area contributed by atoms with Crippen molar-refractivity contribution in [3.05, 3.63) is 52.5 Å². The molecule has 0 radical (unpaired) electrons. The number of anilines is 2. The SMILES string of the molecule is CCN(CC)S(=O)(=O)c1ccc(NC(=O)CN(c2ccc(Cl)c(Cl)c2)S(C)(=O)=O)cc1. The quantitative estimate of drug-likeness (QED) is 0.559. The van der Waals surface area contributed by atoms with E-state index in [0.29, 0.717) is 18.8 Å². The molecule has 0 fully saturated rings. The predicted molar refractivity (Wildman–Crippen MR) is 124 cm³/mol. The van der Waals surface area contributed by atoms with Crippen LogP contribution < -0.4 is 9.62 Å². The molecule has 0 bridgehead atoms. The average molecular weight is 508 g/mol. The lowest BCUT2D eigenvalue weighted by atomic mass is 10.3. The minimum absolute atomic E-state index is 0.0998. The summed E-state index contributed by atoms with van der Waals surface area (Å²) in [6.45, 7) is 3.67. The molecule has 0 aliphatic rings. The summed E-state index contributed by atoms with van der Waals surface area (Å²) in [7, 11) is -7.41. The van der Waals surface area contributed by atoms with E-state index in [0.717, 1.165) is 10.6 Å². The van der Waals surface area contributed by atoms with Gasteiger partial charge in [0.2, 0.25) is 26.0 Å². The molecule has 0 aliphatic carbocycles. The lowest BCUT2D eigenvalue weighted by Crippen LogP contribution is -2.37. The van der Waals surface area contributed by atoms with E-state index in [1.165, 1.54) is 46.8 Å². The summed E-state index contributed by atoms with van der Waals surface area (Å²) >= 11 is 11.8. The minimum atomic E-state index is -3.79. The van der Waals surface area contributed by atoms with E-state index in [4.69, 9.17) is 23.2 Å². The Kier molecular flexibility index (Phi) is 8.34. The molecule has 0 spiro atoms. The van der Waals surface area contributed by atoms with Gasteiger partial charge in [-0.1, -0.05) is 37.0 Å². The summed E-state index contributed by atoms with van der Waals surface area (Å²) in [4.78, 5) is 12.6. The first-order chi connectivity index (χ1) is 14.4. The Labute approximate surface area is 192 Å². The van der Waals surface area contributed by atoms with Crippen molar-refractivity contribution in [1.82, 2.24) is 4.31 Å². The van der Waals surface area contributed by atoms with Gasteiger partial charge in [-0.25, -0.2) is 16.8 Å². The number of hydrogen-bond acceptors (Lipinski definition) is 5. The maximum atomic E-state index is 12.5. The zero-order chi connectivity index (χ0) is 23.4. The molecule has 0 atom stereocenters. The molecule has 1 amide bonds. The number of sulfonamides is 2. The fourth-order valence-electron chi connectivity index (χ4n) is 2.79. The first-order valence-corrected chi connectivity index (χ1v) is 13.3. The monoisotopic (exact) mass is 507 g/mol. The molecule has 170 valence electrons. The van der Waals surface area contributed by atoms with Gasteiger partial charge in [-0.2, -0.15) is 4.31 Å². The van der Waals surface area contributed by atoms with Gasteiger partial charge in [0, 0.05) is 18.8 Å². The van der Waals surface area contributed by atoms with Gasteiger partial charge in [-0.3, -0.25) is 9.10 Å². The number of amides is 1. The highest BCUT2D eigenvalue weighted by Gasteiger charge is 2.23. The van der Waals surface area contributed by atoms with Crippen molar-refractivity contribution in [3.63, 3.8) is 0 Å². The number of benzene rings is 2. The van der Waals surface area contributed by atoms with Gasteiger partial charge >= 0.3 is 0 Å². The number of rotatable bonds is 9. The molecule has 0 saturated heterocycles. The fraction of sp³-hybridized carbons (Fsp3) is 0.316. The highest BCUT2D eigenvalue weighted by atomic mass is 35.5. The molecule has 2 rings (SSSR count). The van der Waals surface area contributed by atoms with Crippen molar-refractivity contribution in [2.45, 2.75) is 18.7 Å². The number of carbonyl (C=O) groups excluding carboxylic acids is 1.